The Balaban J connectivity index is 0.00000210. The minimum Gasteiger partial charge on any atom is -0.466 e. The van der Waals surface area contributed by atoms with Crippen molar-refractivity contribution in [2.24, 2.45) is 11.3 Å². The molecular weight excluding hydrogens is 366 g/mol. The van der Waals surface area contributed by atoms with Gasteiger partial charge in [0, 0.05) is 25.0 Å². The van der Waals surface area contributed by atoms with Crippen molar-refractivity contribution in [3.8, 4) is 0 Å². The Bertz CT molecular complexity index is 703. The highest BCUT2D eigenvalue weighted by atomic mass is 35.5. The van der Waals surface area contributed by atoms with E-state index in [1.165, 1.54) is 0 Å². The van der Waals surface area contributed by atoms with Gasteiger partial charge in [-0.15, -0.1) is 12.4 Å². The van der Waals surface area contributed by atoms with Gasteiger partial charge in [0.15, 0.2) is 0 Å². The van der Waals surface area contributed by atoms with Crippen LogP contribution in [0.5, 0.6) is 0 Å². The molecule has 3 heterocycles. The highest BCUT2D eigenvalue weighted by Gasteiger charge is 2.58. The van der Waals surface area contributed by atoms with Crippen LogP contribution in [-0.4, -0.2) is 48.9 Å². The number of hydrogen-bond acceptors (Lipinski definition) is 4. The average Bonchev–Trinajstić information content (AvgIpc) is 3.20. The van der Waals surface area contributed by atoms with Crippen LogP contribution in [0, 0.1) is 25.2 Å². The first-order valence-electron chi connectivity index (χ1n) is 9.86. The Hall–Kier alpha value is -1.53. The number of carbonyl (C=O) groups is 2. The standard InChI is InChI=1S/C20H29N3O3.ClH/c1-13-11-16(14(2)26-13)18(24)22-15-3-9-23(10-4-15)19(25)17-12-20(17)5-7-21-8-6-20;/h11,15,17,21H,3-10,12H2,1-2H3,(H,22,24);1H. The number of piperidine rings is 2. The number of nitrogens with zero attached hydrogens (tertiary/aromatic N) is 1. The van der Waals surface area contributed by atoms with Gasteiger partial charge in [-0.1, -0.05) is 0 Å². The average molecular weight is 396 g/mol. The number of rotatable bonds is 3. The molecule has 4 rings (SSSR count). The van der Waals surface area contributed by atoms with Crippen LogP contribution in [0.4, 0.5) is 0 Å². The quantitative estimate of drug-likeness (QED) is 0.824. The molecule has 1 unspecified atom stereocenters. The zero-order chi connectivity index (χ0) is 18.3. The van der Waals surface area contributed by atoms with Gasteiger partial charge in [0.05, 0.1) is 5.56 Å². The number of likely N-dealkylation sites (tertiary alicyclic amines) is 1. The molecule has 2 saturated heterocycles. The van der Waals surface area contributed by atoms with Crippen LogP contribution in [0.2, 0.25) is 0 Å². The fourth-order valence-electron chi connectivity index (χ4n) is 4.76. The molecule has 2 amide bonds. The summed E-state index contributed by atoms with van der Waals surface area (Å²) >= 11 is 0. The number of furan rings is 1. The van der Waals surface area contributed by atoms with E-state index in [9.17, 15) is 9.59 Å². The number of hydrogen-bond donors (Lipinski definition) is 2. The SMILES string of the molecule is Cc1cc(C(=O)NC2CCN(C(=O)C3CC34CCNCC4)CC2)c(C)o1.Cl. The summed E-state index contributed by atoms with van der Waals surface area (Å²) in [4.78, 5) is 27.3. The molecule has 7 heteroatoms. The number of carbonyl (C=O) groups excluding carboxylic acids is 2. The second-order valence-electron chi connectivity index (χ2n) is 8.27. The second kappa shape index (κ2) is 7.84. The van der Waals surface area contributed by atoms with E-state index in [0.29, 0.717) is 22.6 Å². The van der Waals surface area contributed by atoms with E-state index < -0.39 is 0 Å². The molecule has 0 bridgehead atoms. The molecule has 2 N–H and O–H groups in total. The molecule has 1 aliphatic carbocycles. The Morgan fingerprint density at radius 1 is 1.22 bits per heavy atom. The van der Waals surface area contributed by atoms with Crippen molar-refractivity contribution in [1.29, 1.82) is 0 Å². The van der Waals surface area contributed by atoms with Gasteiger partial charge in [-0.25, -0.2) is 0 Å². The van der Waals surface area contributed by atoms with Crippen molar-refractivity contribution >= 4 is 24.2 Å². The predicted octanol–water partition coefficient (Wildman–Crippen LogP) is 2.43. The summed E-state index contributed by atoms with van der Waals surface area (Å²) in [5, 5.41) is 6.50. The van der Waals surface area contributed by atoms with Gasteiger partial charge in [-0.05, 0) is 70.5 Å². The highest BCUT2D eigenvalue weighted by Crippen LogP contribution is 2.59. The van der Waals surface area contributed by atoms with Crippen LogP contribution in [0.25, 0.3) is 0 Å². The van der Waals surface area contributed by atoms with E-state index in [-0.39, 0.29) is 30.3 Å². The van der Waals surface area contributed by atoms with Gasteiger partial charge in [-0.2, -0.15) is 0 Å². The lowest BCUT2D eigenvalue weighted by Crippen LogP contribution is -2.47. The van der Waals surface area contributed by atoms with E-state index in [2.05, 4.69) is 10.6 Å². The number of halogens is 1. The lowest BCUT2D eigenvalue weighted by atomic mass is 9.91. The van der Waals surface area contributed by atoms with Crippen LogP contribution in [0.15, 0.2) is 10.5 Å². The molecule has 2 aliphatic heterocycles. The Kier molecular flexibility index (Phi) is 5.87. The summed E-state index contributed by atoms with van der Waals surface area (Å²) in [7, 11) is 0. The summed E-state index contributed by atoms with van der Waals surface area (Å²) in [6, 6.07) is 1.92. The van der Waals surface area contributed by atoms with Crippen LogP contribution in [0.3, 0.4) is 0 Å². The first-order valence-corrected chi connectivity index (χ1v) is 9.86. The van der Waals surface area contributed by atoms with E-state index in [1.807, 2.05) is 18.7 Å². The number of aryl methyl sites for hydroxylation is 2. The van der Waals surface area contributed by atoms with E-state index in [4.69, 9.17) is 4.42 Å². The van der Waals surface area contributed by atoms with Crippen LogP contribution in [-0.2, 0) is 4.79 Å². The van der Waals surface area contributed by atoms with Gasteiger partial charge in [0.2, 0.25) is 5.91 Å². The van der Waals surface area contributed by atoms with Crippen molar-refractivity contribution in [3.05, 3.63) is 23.2 Å². The van der Waals surface area contributed by atoms with Gasteiger partial charge < -0.3 is 20.0 Å². The zero-order valence-corrected chi connectivity index (χ0v) is 17.0. The lowest BCUT2D eigenvalue weighted by Gasteiger charge is -2.33. The summed E-state index contributed by atoms with van der Waals surface area (Å²) < 4.78 is 5.44. The maximum Gasteiger partial charge on any atom is 0.255 e. The summed E-state index contributed by atoms with van der Waals surface area (Å²) in [5.41, 5.74) is 0.913. The summed E-state index contributed by atoms with van der Waals surface area (Å²) in [5.74, 6) is 1.93. The minimum absolute atomic E-state index is 0. The van der Waals surface area contributed by atoms with E-state index in [0.717, 1.165) is 64.0 Å². The first kappa shape index (κ1) is 20.2. The van der Waals surface area contributed by atoms with E-state index in [1.54, 1.807) is 6.07 Å². The predicted molar refractivity (Wildman–Crippen MR) is 105 cm³/mol. The van der Waals surface area contributed by atoms with Crippen molar-refractivity contribution in [1.82, 2.24) is 15.5 Å². The van der Waals surface area contributed by atoms with Crippen LogP contribution >= 0.6 is 12.4 Å². The van der Waals surface area contributed by atoms with Crippen LogP contribution < -0.4 is 10.6 Å². The Labute approximate surface area is 166 Å². The topological polar surface area (TPSA) is 74.6 Å². The van der Waals surface area contributed by atoms with Crippen molar-refractivity contribution in [2.75, 3.05) is 26.2 Å². The number of amides is 2. The molecule has 150 valence electrons. The third-order valence-electron chi connectivity index (χ3n) is 6.51. The van der Waals surface area contributed by atoms with Crippen LogP contribution in [0.1, 0.15) is 54.0 Å². The van der Waals surface area contributed by atoms with E-state index >= 15 is 0 Å². The molecule has 6 nitrogen and oxygen atoms in total. The van der Waals surface area contributed by atoms with Crippen molar-refractivity contribution in [2.45, 2.75) is 52.0 Å². The maximum atomic E-state index is 12.8. The monoisotopic (exact) mass is 395 g/mol. The Morgan fingerprint density at radius 3 is 2.48 bits per heavy atom. The largest absolute Gasteiger partial charge is 0.466 e. The Morgan fingerprint density at radius 2 is 1.89 bits per heavy atom. The fourth-order valence-corrected chi connectivity index (χ4v) is 4.76. The third-order valence-corrected chi connectivity index (χ3v) is 6.51. The maximum absolute atomic E-state index is 12.8. The molecule has 1 spiro atoms. The first-order chi connectivity index (χ1) is 12.5. The molecule has 0 aromatic carbocycles. The zero-order valence-electron chi connectivity index (χ0n) is 16.2. The van der Waals surface area contributed by atoms with Gasteiger partial charge in [0.1, 0.15) is 11.5 Å². The second-order valence-corrected chi connectivity index (χ2v) is 8.27. The molecule has 1 aromatic rings. The summed E-state index contributed by atoms with van der Waals surface area (Å²) in [6.07, 6.45) is 5.01. The van der Waals surface area contributed by atoms with Gasteiger partial charge >= 0.3 is 0 Å². The fraction of sp³-hybridized carbons (Fsp3) is 0.700. The number of nitrogens with one attached hydrogen (secondary N) is 2. The van der Waals surface area contributed by atoms with Crippen molar-refractivity contribution < 1.29 is 14.0 Å². The molecule has 1 aromatic heterocycles. The lowest BCUT2D eigenvalue weighted by molar-refractivity contribution is -0.134. The molecule has 1 saturated carbocycles. The normalized spacial score (nSPS) is 24.4. The molecule has 3 aliphatic rings. The molecule has 27 heavy (non-hydrogen) atoms. The summed E-state index contributed by atoms with van der Waals surface area (Å²) in [6.45, 7) is 7.25. The molecule has 3 fully saturated rings. The highest BCUT2D eigenvalue weighted by molar-refractivity contribution is 5.95. The van der Waals surface area contributed by atoms with Gasteiger partial charge in [0.25, 0.3) is 5.91 Å². The molecular formula is C20H30ClN3O3. The van der Waals surface area contributed by atoms with Gasteiger partial charge in [-0.3, -0.25) is 9.59 Å². The molecule has 0 radical (unpaired) electrons. The smallest absolute Gasteiger partial charge is 0.255 e. The molecule has 1 atom stereocenters. The van der Waals surface area contributed by atoms with Crippen molar-refractivity contribution in [3.63, 3.8) is 0 Å². The third kappa shape index (κ3) is 4.02. The minimum atomic E-state index is -0.0695.